The first-order valence-electron chi connectivity index (χ1n) is 6.28. The van der Waals surface area contributed by atoms with E-state index in [-0.39, 0.29) is 5.95 Å². The average molecular weight is 251 g/mol. The van der Waals surface area contributed by atoms with Crippen LogP contribution in [-0.2, 0) is 0 Å². The number of rotatable bonds is 4. The minimum absolute atomic E-state index is 0.236. The lowest BCUT2D eigenvalue weighted by molar-refractivity contribution is 0.226. The minimum Gasteiger partial charge on any atom is -0.481 e. The number of methoxy groups -OCH3 is 1. The fourth-order valence-electron chi connectivity index (χ4n) is 2.15. The second kappa shape index (κ2) is 5.86. The SMILES string of the molecule is COc1cc(NCC2CCN(C)CC2)nc(N)n1. The van der Waals surface area contributed by atoms with Crippen molar-refractivity contribution in [1.82, 2.24) is 14.9 Å². The molecule has 0 unspecified atom stereocenters. The van der Waals surface area contributed by atoms with Crippen molar-refractivity contribution in [2.45, 2.75) is 12.8 Å². The van der Waals surface area contributed by atoms with Crippen molar-refractivity contribution in [3.05, 3.63) is 6.07 Å². The molecule has 1 aromatic heterocycles. The quantitative estimate of drug-likeness (QED) is 0.825. The third kappa shape index (κ3) is 3.46. The second-order valence-corrected chi connectivity index (χ2v) is 4.78. The minimum atomic E-state index is 0.236. The Morgan fingerprint density at radius 3 is 2.83 bits per heavy atom. The van der Waals surface area contributed by atoms with Gasteiger partial charge in [0.05, 0.1) is 7.11 Å². The Morgan fingerprint density at radius 2 is 2.17 bits per heavy atom. The van der Waals surface area contributed by atoms with Gasteiger partial charge in [0.2, 0.25) is 11.8 Å². The molecule has 6 nitrogen and oxygen atoms in total. The maximum Gasteiger partial charge on any atom is 0.225 e. The number of nitrogens with one attached hydrogen (secondary N) is 1. The number of aromatic nitrogens is 2. The van der Waals surface area contributed by atoms with E-state index in [1.165, 1.54) is 25.9 Å². The van der Waals surface area contributed by atoms with Gasteiger partial charge in [-0.15, -0.1) is 0 Å². The highest BCUT2D eigenvalue weighted by Crippen LogP contribution is 2.18. The summed E-state index contributed by atoms with van der Waals surface area (Å²) in [6.45, 7) is 3.26. The molecule has 2 heterocycles. The number of hydrogen-bond donors (Lipinski definition) is 2. The lowest BCUT2D eigenvalue weighted by Crippen LogP contribution is -2.33. The molecule has 1 fully saturated rings. The van der Waals surface area contributed by atoms with Gasteiger partial charge >= 0.3 is 0 Å². The zero-order chi connectivity index (χ0) is 13.0. The van der Waals surface area contributed by atoms with Crippen LogP contribution in [0.4, 0.5) is 11.8 Å². The van der Waals surface area contributed by atoms with E-state index in [1.54, 1.807) is 13.2 Å². The first-order valence-corrected chi connectivity index (χ1v) is 6.28. The van der Waals surface area contributed by atoms with Crippen molar-refractivity contribution < 1.29 is 4.74 Å². The van der Waals surface area contributed by atoms with Crippen molar-refractivity contribution in [1.29, 1.82) is 0 Å². The predicted molar refractivity (Wildman–Crippen MR) is 71.7 cm³/mol. The van der Waals surface area contributed by atoms with E-state index < -0.39 is 0 Å². The van der Waals surface area contributed by atoms with E-state index >= 15 is 0 Å². The highest BCUT2D eigenvalue weighted by atomic mass is 16.5. The fourth-order valence-corrected chi connectivity index (χ4v) is 2.15. The van der Waals surface area contributed by atoms with Crippen LogP contribution in [0.2, 0.25) is 0 Å². The van der Waals surface area contributed by atoms with E-state index in [4.69, 9.17) is 10.5 Å². The van der Waals surface area contributed by atoms with Gasteiger partial charge in [0.1, 0.15) is 5.82 Å². The van der Waals surface area contributed by atoms with E-state index in [1.807, 2.05) is 0 Å². The largest absolute Gasteiger partial charge is 0.481 e. The van der Waals surface area contributed by atoms with Gasteiger partial charge in [-0.25, -0.2) is 0 Å². The van der Waals surface area contributed by atoms with E-state index in [0.717, 1.165) is 12.4 Å². The molecule has 0 amide bonds. The summed E-state index contributed by atoms with van der Waals surface area (Å²) in [5.74, 6) is 2.16. The molecule has 18 heavy (non-hydrogen) atoms. The van der Waals surface area contributed by atoms with Gasteiger partial charge < -0.3 is 20.7 Å². The molecular formula is C12H21N5O. The number of nitrogens with two attached hydrogens (primary N) is 1. The van der Waals surface area contributed by atoms with Crippen LogP contribution < -0.4 is 15.8 Å². The standard InChI is InChI=1S/C12H21N5O/c1-17-5-3-9(4-6-17)8-14-10-7-11(18-2)16-12(13)15-10/h7,9H,3-6,8H2,1-2H3,(H3,13,14,15,16). The molecule has 0 aromatic carbocycles. The highest BCUT2D eigenvalue weighted by molar-refractivity contribution is 5.42. The summed E-state index contributed by atoms with van der Waals surface area (Å²) in [6, 6.07) is 1.77. The summed E-state index contributed by atoms with van der Waals surface area (Å²) in [5.41, 5.74) is 5.61. The smallest absolute Gasteiger partial charge is 0.225 e. The maximum atomic E-state index is 5.61. The van der Waals surface area contributed by atoms with Crippen molar-refractivity contribution in [2.75, 3.05) is 44.8 Å². The van der Waals surface area contributed by atoms with Gasteiger partial charge in [-0.05, 0) is 38.9 Å². The summed E-state index contributed by atoms with van der Waals surface area (Å²) in [7, 11) is 3.74. The second-order valence-electron chi connectivity index (χ2n) is 4.78. The molecule has 1 aliphatic heterocycles. The Morgan fingerprint density at radius 1 is 1.44 bits per heavy atom. The van der Waals surface area contributed by atoms with Gasteiger partial charge in [-0.2, -0.15) is 9.97 Å². The number of nitrogens with zero attached hydrogens (tertiary/aromatic N) is 3. The zero-order valence-corrected chi connectivity index (χ0v) is 11.0. The molecular weight excluding hydrogens is 230 g/mol. The van der Waals surface area contributed by atoms with E-state index in [2.05, 4.69) is 27.2 Å². The van der Waals surface area contributed by atoms with Crippen LogP contribution >= 0.6 is 0 Å². The average Bonchev–Trinajstić information content (AvgIpc) is 2.37. The van der Waals surface area contributed by atoms with Crippen molar-refractivity contribution in [3.8, 4) is 5.88 Å². The number of likely N-dealkylation sites (tertiary alicyclic amines) is 1. The predicted octanol–water partition coefficient (Wildman–Crippen LogP) is 0.821. The van der Waals surface area contributed by atoms with Crippen LogP contribution in [0.1, 0.15) is 12.8 Å². The van der Waals surface area contributed by atoms with Crippen LogP contribution in [0.15, 0.2) is 6.07 Å². The number of nitrogen functional groups attached to an aromatic ring is 1. The Hall–Kier alpha value is -1.56. The first kappa shape index (κ1) is 12.9. The van der Waals surface area contributed by atoms with Crippen LogP contribution in [0.3, 0.4) is 0 Å². The molecule has 0 bridgehead atoms. The first-order chi connectivity index (χ1) is 8.67. The summed E-state index contributed by atoms with van der Waals surface area (Å²) >= 11 is 0. The number of ether oxygens (including phenoxy) is 1. The Balaban J connectivity index is 1.88. The third-order valence-corrected chi connectivity index (χ3v) is 3.34. The summed E-state index contributed by atoms with van der Waals surface area (Å²) < 4.78 is 5.06. The lowest BCUT2D eigenvalue weighted by atomic mass is 9.97. The molecule has 0 radical (unpaired) electrons. The molecule has 1 aromatic rings. The summed E-state index contributed by atoms with van der Waals surface area (Å²) in [4.78, 5) is 10.5. The van der Waals surface area contributed by atoms with Crippen molar-refractivity contribution >= 4 is 11.8 Å². The molecule has 0 spiro atoms. The normalized spacial score (nSPS) is 17.7. The molecule has 0 saturated carbocycles. The van der Waals surface area contributed by atoms with Gasteiger partial charge in [0.15, 0.2) is 0 Å². The molecule has 1 aliphatic rings. The van der Waals surface area contributed by atoms with Crippen molar-refractivity contribution in [3.63, 3.8) is 0 Å². The molecule has 0 aliphatic carbocycles. The van der Waals surface area contributed by atoms with Crippen LogP contribution in [0.5, 0.6) is 5.88 Å². The van der Waals surface area contributed by atoms with Crippen LogP contribution in [0.25, 0.3) is 0 Å². The van der Waals surface area contributed by atoms with E-state index in [0.29, 0.717) is 11.8 Å². The highest BCUT2D eigenvalue weighted by Gasteiger charge is 2.16. The Bertz CT molecular complexity index is 390. The number of hydrogen-bond acceptors (Lipinski definition) is 6. The van der Waals surface area contributed by atoms with Gasteiger partial charge in [0, 0.05) is 12.6 Å². The Labute approximate surface area is 108 Å². The molecule has 2 rings (SSSR count). The molecule has 1 saturated heterocycles. The van der Waals surface area contributed by atoms with Crippen LogP contribution in [0, 0.1) is 5.92 Å². The maximum absolute atomic E-state index is 5.61. The zero-order valence-electron chi connectivity index (χ0n) is 11.0. The Kier molecular flexibility index (Phi) is 4.19. The topological polar surface area (TPSA) is 76.3 Å². The number of piperidine rings is 1. The van der Waals surface area contributed by atoms with Crippen molar-refractivity contribution in [2.24, 2.45) is 5.92 Å². The summed E-state index contributed by atoms with van der Waals surface area (Å²) in [6.07, 6.45) is 2.45. The molecule has 3 N–H and O–H groups in total. The molecule has 100 valence electrons. The fraction of sp³-hybridized carbons (Fsp3) is 0.667. The van der Waals surface area contributed by atoms with E-state index in [9.17, 15) is 0 Å². The monoisotopic (exact) mass is 251 g/mol. The van der Waals surface area contributed by atoms with Crippen LogP contribution in [-0.4, -0.2) is 48.7 Å². The van der Waals surface area contributed by atoms with Gasteiger partial charge in [0.25, 0.3) is 0 Å². The third-order valence-electron chi connectivity index (χ3n) is 3.34. The summed E-state index contributed by atoms with van der Waals surface area (Å²) in [5, 5.41) is 3.32. The van der Waals surface area contributed by atoms with Gasteiger partial charge in [-0.1, -0.05) is 0 Å². The van der Waals surface area contributed by atoms with Gasteiger partial charge in [-0.3, -0.25) is 0 Å². The molecule has 0 atom stereocenters. The molecule has 6 heteroatoms. The lowest BCUT2D eigenvalue weighted by Gasteiger charge is -2.29. The number of anilines is 2.